The summed E-state index contributed by atoms with van der Waals surface area (Å²) in [6.45, 7) is 1.89. The zero-order valence-corrected chi connectivity index (χ0v) is 13.2. The lowest BCUT2D eigenvalue weighted by atomic mass is 10.1. The number of halogens is 5. The van der Waals surface area contributed by atoms with Gasteiger partial charge >= 0.3 is 23.9 Å². The van der Waals surface area contributed by atoms with Gasteiger partial charge in [0.15, 0.2) is 11.6 Å². The lowest BCUT2D eigenvalue weighted by molar-refractivity contribution is -0.205. The number of esters is 1. The van der Waals surface area contributed by atoms with Gasteiger partial charge in [0.05, 0.1) is 13.2 Å². The topological polar surface area (TPSA) is 76.7 Å². The maximum Gasteiger partial charge on any atom is 0.442 e. The van der Waals surface area contributed by atoms with Gasteiger partial charge in [-0.2, -0.15) is 13.2 Å². The van der Waals surface area contributed by atoms with Crippen LogP contribution in [0.4, 0.5) is 32.4 Å². The summed E-state index contributed by atoms with van der Waals surface area (Å²) in [5, 5.41) is 3.01. The summed E-state index contributed by atoms with van der Waals surface area (Å²) in [7, 11) is 0. The van der Waals surface area contributed by atoms with Crippen molar-refractivity contribution in [1.82, 2.24) is 5.32 Å². The molecule has 0 unspecified atom stereocenters. The van der Waals surface area contributed by atoms with Crippen LogP contribution in [0.2, 0.25) is 0 Å². The predicted octanol–water partition coefficient (Wildman–Crippen LogP) is 2.94. The number of hydrogen-bond donors (Lipinski definition) is 2. The van der Waals surface area contributed by atoms with Crippen molar-refractivity contribution in [2.45, 2.75) is 25.7 Å². The van der Waals surface area contributed by atoms with E-state index < -0.39 is 47.8 Å². The van der Waals surface area contributed by atoms with Crippen LogP contribution in [0.25, 0.3) is 0 Å². The molecule has 1 aromatic rings. The van der Waals surface area contributed by atoms with Gasteiger partial charge in [0.2, 0.25) is 0 Å². The SMILES string of the molecule is CCOC(=O)N[C@@](Nc1ccc(F)c(F)c1)(C(=O)OCC)C(F)(F)F. The molecule has 140 valence electrons. The Morgan fingerprint density at radius 1 is 1.04 bits per heavy atom. The largest absolute Gasteiger partial charge is 0.463 e. The first-order chi connectivity index (χ1) is 11.6. The molecule has 25 heavy (non-hydrogen) atoms. The molecule has 1 amide bonds. The monoisotopic (exact) mass is 370 g/mol. The van der Waals surface area contributed by atoms with Crippen molar-refractivity contribution < 1.29 is 41.0 Å². The molecule has 0 aliphatic rings. The Morgan fingerprint density at radius 3 is 2.12 bits per heavy atom. The summed E-state index contributed by atoms with van der Waals surface area (Å²) >= 11 is 0. The molecule has 0 aliphatic carbocycles. The number of benzene rings is 1. The van der Waals surface area contributed by atoms with Crippen molar-refractivity contribution >= 4 is 17.7 Å². The zero-order valence-electron chi connectivity index (χ0n) is 13.2. The number of alkyl halides is 3. The van der Waals surface area contributed by atoms with Crippen LogP contribution in [-0.4, -0.2) is 37.1 Å². The molecular formula is C14H15F5N2O4. The molecule has 0 saturated carbocycles. The van der Waals surface area contributed by atoms with Crippen molar-refractivity contribution in [2.75, 3.05) is 18.5 Å². The van der Waals surface area contributed by atoms with Gasteiger partial charge < -0.3 is 14.8 Å². The summed E-state index contributed by atoms with van der Waals surface area (Å²) in [6, 6.07) is 1.70. The van der Waals surface area contributed by atoms with E-state index in [1.165, 1.54) is 19.2 Å². The molecule has 0 fully saturated rings. The van der Waals surface area contributed by atoms with Gasteiger partial charge in [-0.05, 0) is 26.0 Å². The number of carbonyl (C=O) groups is 2. The molecule has 11 heteroatoms. The fourth-order valence-corrected chi connectivity index (χ4v) is 1.74. The highest BCUT2D eigenvalue weighted by Crippen LogP contribution is 2.33. The number of hydrogen-bond acceptors (Lipinski definition) is 5. The maximum atomic E-state index is 13.6. The third kappa shape index (κ3) is 4.70. The summed E-state index contributed by atoms with van der Waals surface area (Å²) in [5.41, 5.74) is -4.39. The van der Waals surface area contributed by atoms with Crippen LogP contribution in [0.3, 0.4) is 0 Å². The van der Waals surface area contributed by atoms with E-state index in [0.717, 1.165) is 6.07 Å². The van der Waals surface area contributed by atoms with E-state index in [0.29, 0.717) is 12.1 Å². The van der Waals surface area contributed by atoms with E-state index in [-0.39, 0.29) is 6.61 Å². The van der Waals surface area contributed by atoms with Crippen molar-refractivity contribution in [2.24, 2.45) is 0 Å². The van der Waals surface area contributed by atoms with Gasteiger partial charge in [0.25, 0.3) is 0 Å². The van der Waals surface area contributed by atoms with Gasteiger partial charge in [-0.3, -0.25) is 5.32 Å². The van der Waals surface area contributed by atoms with Crippen LogP contribution >= 0.6 is 0 Å². The van der Waals surface area contributed by atoms with Gasteiger partial charge in [-0.25, -0.2) is 18.4 Å². The Kier molecular flexibility index (Phi) is 6.54. The van der Waals surface area contributed by atoms with Gasteiger partial charge in [-0.15, -0.1) is 0 Å². The quantitative estimate of drug-likeness (QED) is 0.457. The Balaban J connectivity index is 3.37. The van der Waals surface area contributed by atoms with E-state index in [4.69, 9.17) is 0 Å². The van der Waals surface area contributed by atoms with Gasteiger partial charge in [-0.1, -0.05) is 0 Å². The molecule has 0 radical (unpaired) electrons. The van der Waals surface area contributed by atoms with Crippen molar-refractivity contribution in [3.05, 3.63) is 29.8 Å². The molecule has 1 atom stereocenters. The summed E-state index contributed by atoms with van der Waals surface area (Å²) in [5.74, 6) is -4.67. The maximum absolute atomic E-state index is 13.6. The minimum atomic E-state index is -5.41. The molecule has 0 spiro atoms. The third-order valence-corrected chi connectivity index (χ3v) is 2.82. The Hall–Kier alpha value is -2.59. The van der Waals surface area contributed by atoms with E-state index in [1.807, 2.05) is 0 Å². The van der Waals surface area contributed by atoms with Crippen LogP contribution < -0.4 is 10.6 Å². The first kappa shape index (κ1) is 20.5. The van der Waals surface area contributed by atoms with Crippen LogP contribution in [-0.2, 0) is 14.3 Å². The lowest BCUT2D eigenvalue weighted by Gasteiger charge is -2.34. The number of nitrogens with one attached hydrogen (secondary N) is 2. The molecule has 0 heterocycles. The Bertz CT molecular complexity index is 638. The molecular weight excluding hydrogens is 355 g/mol. The number of carbonyl (C=O) groups excluding carboxylic acids is 2. The molecule has 0 aromatic heterocycles. The molecule has 6 nitrogen and oxygen atoms in total. The number of anilines is 1. The molecule has 0 saturated heterocycles. The van der Waals surface area contributed by atoms with E-state index >= 15 is 0 Å². The van der Waals surface area contributed by atoms with E-state index in [9.17, 15) is 31.5 Å². The first-order valence-electron chi connectivity index (χ1n) is 6.99. The number of alkyl carbamates (subject to hydrolysis) is 1. The molecule has 2 N–H and O–H groups in total. The van der Waals surface area contributed by atoms with Gasteiger partial charge in [0, 0.05) is 11.8 Å². The van der Waals surface area contributed by atoms with E-state index in [1.54, 1.807) is 5.32 Å². The highest BCUT2D eigenvalue weighted by Gasteiger charge is 2.64. The van der Waals surface area contributed by atoms with Crippen molar-refractivity contribution in [1.29, 1.82) is 0 Å². The van der Waals surface area contributed by atoms with E-state index in [2.05, 4.69) is 9.47 Å². The summed E-state index contributed by atoms with van der Waals surface area (Å²) in [4.78, 5) is 23.5. The predicted molar refractivity (Wildman–Crippen MR) is 75.6 cm³/mol. The van der Waals surface area contributed by atoms with Crippen molar-refractivity contribution in [3.63, 3.8) is 0 Å². The van der Waals surface area contributed by atoms with Crippen LogP contribution in [0.1, 0.15) is 13.8 Å². The summed E-state index contributed by atoms with van der Waals surface area (Å²) in [6.07, 6.45) is -6.97. The standard InChI is InChI=1S/C14H15F5N2O4/c1-3-24-11(22)13(14(17,18)19,21-12(23)25-4-2)20-8-5-6-9(15)10(16)7-8/h5-7,20H,3-4H2,1-2H3,(H,21,23)/t13-/m0/s1. The second kappa shape index (κ2) is 7.99. The Morgan fingerprint density at radius 2 is 1.64 bits per heavy atom. The fourth-order valence-electron chi connectivity index (χ4n) is 1.74. The highest BCUT2D eigenvalue weighted by atomic mass is 19.4. The average Bonchev–Trinajstić information content (AvgIpc) is 2.49. The number of amides is 1. The fraction of sp³-hybridized carbons (Fsp3) is 0.429. The Labute approximate surface area is 139 Å². The first-order valence-corrected chi connectivity index (χ1v) is 6.99. The minimum absolute atomic E-state index is 0.270. The average molecular weight is 370 g/mol. The number of rotatable bonds is 6. The van der Waals surface area contributed by atoms with Crippen LogP contribution in [0.5, 0.6) is 0 Å². The molecule has 1 rings (SSSR count). The second-order valence-electron chi connectivity index (χ2n) is 4.57. The number of ether oxygens (including phenoxy) is 2. The normalized spacial score (nSPS) is 13.6. The molecule has 0 bridgehead atoms. The highest BCUT2D eigenvalue weighted by molar-refractivity contribution is 5.89. The zero-order chi connectivity index (χ0) is 19.3. The smallest absolute Gasteiger partial charge is 0.442 e. The van der Waals surface area contributed by atoms with Gasteiger partial charge in [0.1, 0.15) is 0 Å². The van der Waals surface area contributed by atoms with Crippen LogP contribution in [0, 0.1) is 11.6 Å². The minimum Gasteiger partial charge on any atom is -0.463 e. The van der Waals surface area contributed by atoms with Crippen LogP contribution in [0.15, 0.2) is 18.2 Å². The molecule has 1 aromatic carbocycles. The third-order valence-electron chi connectivity index (χ3n) is 2.82. The second-order valence-corrected chi connectivity index (χ2v) is 4.57. The molecule has 0 aliphatic heterocycles. The lowest BCUT2D eigenvalue weighted by Crippen LogP contribution is -2.69. The van der Waals surface area contributed by atoms with Crippen molar-refractivity contribution in [3.8, 4) is 0 Å². The summed E-state index contributed by atoms with van der Waals surface area (Å²) < 4.78 is 75.8.